The van der Waals surface area contributed by atoms with Crippen LogP contribution in [0.4, 0.5) is 0 Å². The van der Waals surface area contributed by atoms with E-state index in [1.54, 1.807) is 0 Å². The van der Waals surface area contributed by atoms with E-state index in [9.17, 15) is 4.79 Å². The Morgan fingerprint density at radius 2 is 2.00 bits per heavy atom. The zero-order valence-corrected chi connectivity index (χ0v) is 12.6. The monoisotopic (exact) mass is 297 g/mol. The molecule has 0 aliphatic carbocycles. The maximum atomic E-state index is 11.7. The Hall–Kier alpha value is -2.24. The summed E-state index contributed by atoms with van der Waals surface area (Å²) in [5.74, 6) is 5.24. The molecule has 0 saturated heterocycles. The lowest BCUT2D eigenvalue weighted by molar-refractivity contribution is -0.115. The molecular weight excluding hydrogens is 282 g/mol. The second-order valence-corrected chi connectivity index (χ2v) is 5.14. The van der Waals surface area contributed by atoms with Crippen molar-refractivity contribution in [2.75, 3.05) is 6.54 Å². The average Bonchev–Trinajstić information content (AvgIpc) is 2.46. The van der Waals surface area contributed by atoms with E-state index in [0.717, 1.165) is 23.1 Å². The predicted molar refractivity (Wildman–Crippen MR) is 86.2 cm³/mol. The Labute approximate surface area is 130 Å². The Morgan fingerprint density at radius 3 is 2.76 bits per heavy atom. The minimum atomic E-state index is -0.264. The number of carbonyl (C=O) groups is 1. The third kappa shape index (κ3) is 4.98. The van der Waals surface area contributed by atoms with E-state index in [1.807, 2.05) is 55.5 Å². The lowest BCUT2D eigenvalue weighted by atomic mass is 10.1. The summed E-state index contributed by atoms with van der Waals surface area (Å²) in [5, 5.41) is 3.49. The van der Waals surface area contributed by atoms with Crippen LogP contribution in [0.1, 0.15) is 16.7 Å². The smallest absolute Gasteiger partial charge is 0.296 e. The van der Waals surface area contributed by atoms with E-state index in [1.165, 1.54) is 0 Å². The molecule has 1 N–H and O–H groups in total. The maximum Gasteiger partial charge on any atom is 0.296 e. The van der Waals surface area contributed by atoms with Gasteiger partial charge >= 0.3 is 0 Å². The van der Waals surface area contributed by atoms with E-state index in [2.05, 4.69) is 17.2 Å². The molecule has 0 aliphatic rings. The van der Waals surface area contributed by atoms with Crippen molar-refractivity contribution < 1.29 is 4.79 Å². The van der Waals surface area contributed by atoms with Gasteiger partial charge in [-0.2, -0.15) is 0 Å². The fourth-order valence-electron chi connectivity index (χ4n) is 1.89. The predicted octanol–water partition coefficient (Wildman–Crippen LogP) is 3.36. The van der Waals surface area contributed by atoms with Crippen LogP contribution in [0.15, 0.2) is 48.5 Å². The average molecular weight is 298 g/mol. The zero-order chi connectivity index (χ0) is 15.1. The highest BCUT2D eigenvalue weighted by Crippen LogP contribution is 2.10. The zero-order valence-electron chi connectivity index (χ0n) is 11.8. The summed E-state index contributed by atoms with van der Waals surface area (Å²) in [6.45, 7) is 2.52. The molecule has 3 heteroatoms. The van der Waals surface area contributed by atoms with Crippen LogP contribution in [-0.4, -0.2) is 12.5 Å². The first-order chi connectivity index (χ1) is 10.1. The summed E-state index contributed by atoms with van der Waals surface area (Å²) >= 11 is 5.91. The number of hydrogen-bond acceptors (Lipinski definition) is 1. The standard InChI is InChI=1S/C18H16ClNO/c1-14-5-2-3-7-16(14)9-10-18(21)20-12-11-15-6-4-8-17(19)13-15/h2-8,13H,11-12H2,1H3,(H,20,21). The van der Waals surface area contributed by atoms with Crippen molar-refractivity contribution in [3.8, 4) is 11.8 Å². The van der Waals surface area contributed by atoms with Gasteiger partial charge in [0.15, 0.2) is 0 Å². The number of nitrogens with one attached hydrogen (secondary N) is 1. The van der Waals surface area contributed by atoms with Crippen LogP contribution in [0.5, 0.6) is 0 Å². The summed E-state index contributed by atoms with van der Waals surface area (Å²) in [4.78, 5) is 11.7. The Balaban J connectivity index is 1.85. The summed E-state index contributed by atoms with van der Waals surface area (Å²) in [7, 11) is 0. The van der Waals surface area contributed by atoms with E-state index < -0.39 is 0 Å². The molecule has 0 heterocycles. The van der Waals surface area contributed by atoms with Crippen LogP contribution in [0, 0.1) is 18.8 Å². The van der Waals surface area contributed by atoms with Crippen LogP contribution < -0.4 is 5.32 Å². The van der Waals surface area contributed by atoms with Crippen molar-refractivity contribution in [2.45, 2.75) is 13.3 Å². The molecule has 0 saturated carbocycles. The van der Waals surface area contributed by atoms with Gasteiger partial charge in [0, 0.05) is 23.1 Å². The van der Waals surface area contributed by atoms with Crippen molar-refractivity contribution in [3.05, 3.63) is 70.2 Å². The van der Waals surface area contributed by atoms with Crippen molar-refractivity contribution in [1.29, 1.82) is 0 Å². The highest BCUT2D eigenvalue weighted by Gasteiger charge is 1.98. The Kier molecular flexibility index (Phi) is 5.43. The van der Waals surface area contributed by atoms with Crippen LogP contribution >= 0.6 is 11.6 Å². The molecule has 0 fully saturated rings. The number of hydrogen-bond donors (Lipinski definition) is 1. The topological polar surface area (TPSA) is 29.1 Å². The summed E-state index contributed by atoms with van der Waals surface area (Å²) in [6, 6.07) is 15.3. The number of amides is 1. The normalized spacial score (nSPS) is 9.62. The SMILES string of the molecule is Cc1ccccc1C#CC(=O)NCCc1cccc(Cl)c1. The third-order valence-corrected chi connectivity index (χ3v) is 3.28. The van der Waals surface area contributed by atoms with E-state index in [0.29, 0.717) is 11.6 Å². The minimum absolute atomic E-state index is 0.264. The van der Waals surface area contributed by atoms with Gasteiger partial charge in [-0.25, -0.2) is 0 Å². The first-order valence-electron chi connectivity index (χ1n) is 6.75. The fraction of sp³-hybridized carbons (Fsp3) is 0.167. The number of rotatable bonds is 3. The highest BCUT2D eigenvalue weighted by molar-refractivity contribution is 6.30. The van der Waals surface area contributed by atoms with Gasteiger partial charge in [0.1, 0.15) is 0 Å². The van der Waals surface area contributed by atoms with Gasteiger partial charge in [-0.3, -0.25) is 4.79 Å². The molecule has 1 amide bonds. The maximum absolute atomic E-state index is 11.7. The van der Waals surface area contributed by atoms with Crippen molar-refractivity contribution in [1.82, 2.24) is 5.32 Å². The number of carbonyl (C=O) groups excluding carboxylic acids is 1. The first kappa shape index (κ1) is 15.2. The summed E-state index contributed by atoms with van der Waals surface area (Å²) < 4.78 is 0. The van der Waals surface area contributed by atoms with Crippen LogP contribution in [-0.2, 0) is 11.2 Å². The molecule has 2 nitrogen and oxygen atoms in total. The largest absolute Gasteiger partial charge is 0.345 e. The van der Waals surface area contributed by atoms with Gasteiger partial charge in [0.05, 0.1) is 0 Å². The van der Waals surface area contributed by atoms with Gasteiger partial charge in [-0.15, -0.1) is 0 Å². The lowest BCUT2D eigenvalue weighted by Crippen LogP contribution is -2.24. The third-order valence-electron chi connectivity index (χ3n) is 3.04. The number of benzene rings is 2. The van der Waals surface area contributed by atoms with E-state index in [4.69, 9.17) is 11.6 Å². The number of halogens is 1. The fourth-order valence-corrected chi connectivity index (χ4v) is 2.11. The summed E-state index contributed by atoms with van der Waals surface area (Å²) in [5.41, 5.74) is 3.04. The van der Waals surface area contributed by atoms with Gasteiger partial charge in [0.2, 0.25) is 0 Å². The lowest BCUT2D eigenvalue weighted by Gasteiger charge is -2.02. The van der Waals surface area contributed by atoms with E-state index >= 15 is 0 Å². The molecular formula is C18H16ClNO. The van der Waals surface area contributed by atoms with Crippen LogP contribution in [0.3, 0.4) is 0 Å². The molecule has 0 radical (unpaired) electrons. The van der Waals surface area contributed by atoms with Crippen molar-refractivity contribution in [2.24, 2.45) is 0 Å². The first-order valence-corrected chi connectivity index (χ1v) is 7.13. The van der Waals surface area contributed by atoms with Crippen LogP contribution in [0.2, 0.25) is 5.02 Å². The van der Waals surface area contributed by atoms with Gasteiger partial charge in [-0.05, 0) is 42.7 Å². The molecule has 106 valence electrons. The molecule has 0 spiro atoms. The van der Waals surface area contributed by atoms with Gasteiger partial charge in [0.25, 0.3) is 5.91 Å². The van der Waals surface area contributed by atoms with Crippen molar-refractivity contribution >= 4 is 17.5 Å². The Morgan fingerprint density at radius 1 is 1.19 bits per heavy atom. The summed E-state index contributed by atoms with van der Waals surface area (Å²) in [6.07, 6.45) is 0.734. The molecule has 0 bridgehead atoms. The van der Waals surface area contributed by atoms with E-state index in [-0.39, 0.29) is 5.91 Å². The minimum Gasteiger partial charge on any atom is -0.345 e. The number of aryl methyl sites for hydroxylation is 1. The molecule has 0 aliphatic heterocycles. The molecule has 2 aromatic rings. The highest BCUT2D eigenvalue weighted by atomic mass is 35.5. The molecule has 2 aromatic carbocycles. The van der Waals surface area contributed by atoms with Gasteiger partial charge in [-0.1, -0.05) is 47.9 Å². The molecule has 2 rings (SSSR count). The quantitative estimate of drug-likeness (QED) is 0.865. The second kappa shape index (κ2) is 7.52. The van der Waals surface area contributed by atoms with Gasteiger partial charge < -0.3 is 5.32 Å². The second-order valence-electron chi connectivity index (χ2n) is 4.70. The molecule has 0 atom stereocenters. The molecule has 0 aromatic heterocycles. The molecule has 21 heavy (non-hydrogen) atoms. The Bertz CT molecular complexity index is 698. The molecule has 0 unspecified atom stereocenters. The van der Waals surface area contributed by atoms with Crippen molar-refractivity contribution in [3.63, 3.8) is 0 Å². The van der Waals surface area contributed by atoms with Crippen LogP contribution in [0.25, 0.3) is 0 Å².